The number of amidine groups is 1. The van der Waals surface area contributed by atoms with Crippen molar-refractivity contribution in [1.29, 1.82) is 0 Å². The Morgan fingerprint density at radius 3 is 2.83 bits per heavy atom. The molecule has 1 aliphatic carbocycles. The Morgan fingerprint density at radius 1 is 1.37 bits per heavy atom. The average molecular weight is 449 g/mol. The van der Waals surface area contributed by atoms with Gasteiger partial charge in [-0.05, 0) is 49.5 Å². The molecule has 160 valence electrons. The number of ether oxygens (including phenoxy) is 1. The number of nitrogens with zero attached hydrogens (tertiary/aromatic N) is 2. The summed E-state index contributed by atoms with van der Waals surface area (Å²) in [7, 11) is 1.51. The average Bonchev–Trinajstić information content (AvgIpc) is 2.98. The lowest BCUT2D eigenvalue weighted by atomic mass is 9.77. The number of hydrogen-bond donors (Lipinski definition) is 2. The van der Waals surface area contributed by atoms with Crippen molar-refractivity contribution < 1.29 is 14.3 Å². The van der Waals surface area contributed by atoms with Gasteiger partial charge >= 0.3 is 0 Å². The molecule has 7 nitrogen and oxygen atoms in total. The fourth-order valence-electron chi connectivity index (χ4n) is 3.60. The third-order valence-electron chi connectivity index (χ3n) is 4.68. The first kappa shape index (κ1) is 22.4. The van der Waals surface area contributed by atoms with Crippen molar-refractivity contribution in [2.24, 2.45) is 15.6 Å². The highest BCUT2D eigenvalue weighted by atomic mass is 35.5. The quantitative estimate of drug-likeness (QED) is 0.653. The van der Waals surface area contributed by atoms with Gasteiger partial charge in [-0.25, -0.2) is 0 Å². The molecule has 0 bridgehead atoms. The zero-order valence-electron chi connectivity index (χ0n) is 17.4. The predicted molar refractivity (Wildman–Crippen MR) is 122 cm³/mol. The molecule has 1 aromatic carbocycles. The third kappa shape index (κ3) is 5.86. The van der Waals surface area contributed by atoms with Gasteiger partial charge in [0.2, 0.25) is 11.8 Å². The van der Waals surface area contributed by atoms with Gasteiger partial charge in [-0.15, -0.1) is 5.10 Å². The summed E-state index contributed by atoms with van der Waals surface area (Å²) in [4.78, 5) is 24.7. The monoisotopic (exact) mass is 448 g/mol. The van der Waals surface area contributed by atoms with Crippen molar-refractivity contribution in [3.05, 3.63) is 34.9 Å². The molecule has 0 saturated carbocycles. The number of benzene rings is 1. The van der Waals surface area contributed by atoms with Crippen molar-refractivity contribution >= 4 is 51.7 Å². The van der Waals surface area contributed by atoms with Crippen LogP contribution in [-0.4, -0.2) is 35.1 Å². The molecule has 1 aliphatic heterocycles. The molecular formula is C21H25ClN4O3S. The summed E-state index contributed by atoms with van der Waals surface area (Å²) in [6.45, 7) is 6.48. The van der Waals surface area contributed by atoms with E-state index in [1.165, 1.54) is 24.4 Å². The maximum absolute atomic E-state index is 12.4. The van der Waals surface area contributed by atoms with Crippen molar-refractivity contribution in [1.82, 2.24) is 5.32 Å². The van der Waals surface area contributed by atoms with Gasteiger partial charge in [0.15, 0.2) is 5.17 Å². The fourth-order valence-corrected chi connectivity index (χ4v) is 4.69. The molecule has 1 saturated heterocycles. The van der Waals surface area contributed by atoms with Crippen LogP contribution < -0.4 is 15.4 Å². The number of allylic oxidation sites excluding steroid dienone is 2. The van der Waals surface area contributed by atoms with E-state index in [4.69, 9.17) is 16.3 Å². The fraction of sp³-hybridized carbons (Fsp3) is 0.429. The summed E-state index contributed by atoms with van der Waals surface area (Å²) < 4.78 is 5.22. The van der Waals surface area contributed by atoms with Crippen LogP contribution in [-0.2, 0) is 9.59 Å². The Balaban J connectivity index is 1.63. The minimum atomic E-state index is -0.575. The molecule has 30 heavy (non-hydrogen) atoms. The topological polar surface area (TPSA) is 92.2 Å². The molecular weight excluding hydrogens is 424 g/mol. The van der Waals surface area contributed by atoms with E-state index >= 15 is 0 Å². The second-order valence-electron chi connectivity index (χ2n) is 8.20. The van der Waals surface area contributed by atoms with E-state index in [1.807, 2.05) is 6.08 Å². The number of thioether (sulfide) groups is 1. The summed E-state index contributed by atoms with van der Waals surface area (Å²) in [6.07, 6.45) is 3.89. The van der Waals surface area contributed by atoms with Gasteiger partial charge in [0.25, 0.3) is 0 Å². The smallest absolute Gasteiger partial charge is 0.240 e. The second kappa shape index (κ2) is 9.22. The Labute approximate surface area is 185 Å². The zero-order chi connectivity index (χ0) is 21.9. The van der Waals surface area contributed by atoms with Crippen LogP contribution in [0.2, 0.25) is 5.02 Å². The molecule has 2 N–H and O–H groups in total. The van der Waals surface area contributed by atoms with Gasteiger partial charge in [-0.2, -0.15) is 5.10 Å². The van der Waals surface area contributed by atoms with Gasteiger partial charge in [-0.3, -0.25) is 9.59 Å². The first-order chi connectivity index (χ1) is 14.1. The second-order valence-corrected chi connectivity index (χ2v) is 9.83. The van der Waals surface area contributed by atoms with Gasteiger partial charge < -0.3 is 15.4 Å². The number of nitrogens with one attached hydrogen (secondary N) is 2. The van der Waals surface area contributed by atoms with Crippen LogP contribution in [0.4, 0.5) is 5.69 Å². The number of rotatable bonds is 5. The van der Waals surface area contributed by atoms with Crippen LogP contribution in [0.25, 0.3) is 0 Å². The summed E-state index contributed by atoms with van der Waals surface area (Å²) in [6, 6.07) is 4.94. The van der Waals surface area contributed by atoms with Gasteiger partial charge in [-0.1, -0.05) is 42.8 Å². The largest absolute Gasteiger partial charge is 0.495 e. The molecule has 0 aromatic heterocycles. The van der Waals surface area contributed by atoms with Crippen molar-refractivity contribution in [3.8, 4) is 5.75 Å². The van der Waals surface area contributed by atoms with E-state index < -0.39 is 5.25 Å². The van der Waals surface area contributed by atoms with Crippen LogP contribution in [0.15, 0.2) is 40.1 Å². The molecule has 2 aliphatic rings. The van der Waals surface area contributed by atoms with Crippen LogP contribution in [0.1, 0.15) is 40.0 Å². The molecule has 0 radical (unpaired) electrons. The Kier molecular flexibility index (Phi) is 6.88. The molecule has 1 unspecified atom stereocenters. The van der Waals surface area contributed by atoms with Gasteiger partial charge in [0, 0.05) is 11.4 Å². The summed E-state index contributed by atoms with van der Waals surface area (Å²) in [5, 5.41) is 14.3. The highest BCUT2D eigenvalue weighted by Crippen LogP contribution is 2.34. The van der Waals surface area contributed by atoms with Crippen LogP contribution in [0, 0.1) is 5.41 Å². The minimum Gasteiger partial charge on any atom is -0.495 e. The zero-order valence-corrected chi connectivity index (χ0v) is 19.0. The lowest BCUT2D eigenvalue weighted by molar-refractivity contribution is -0.122. The lowest BCUT2D eigenvalue weighted by Crippen LogP contribution is -2.28. The number of carbonyl (C=O) groups is 2. The van der Waals surface area contributed by atoms with Crippen molar-refractivity contribution in [2.75, 3.05) is 12.4 Å². The number of methoxy groups -OCH3 is 1. The van der Waals surface area contributed by atoms with E-state index in [0.717, 1.165) is 18.6 Å². The first-order valence-corrected chi connectivity index (χ1v) is 10.8. The molecule has 1 atom stereocenters. The minimum absolute atomic E-state index is 0.00615. The standard InChI is InChI=1S/C21H25ClN4O3S/c1-12-7-14(11-21(2,3)10-12)25-26-20-24-19(28)17(30-20)9-18(27)23-15-8-13(22)5-6-16(15)29-4/h5-8,17H,9-11H2,1-4H3,(H,23,27)(H,24,26,28)/b25-14-. The molecule has 9 heteroatoms. The third-order valence-corrected chi connectivity index (χ3v) is 5.99. The molecule has 1 fully saturated rings. The number of carbonyl (C=O) groups excluding carboxylic acids is 2. The lowest BCUT2D eigenvalue weighted by Gasteiger charge is -2.28. The Morgan fingerprint density at radius 2 is 2.13 bits per heavy atom. The molecule has 0 spiro atoms. The predicted octanol–water partition coefficient (Wildman–Crippen LogP) is 4.39. The Hall–Kier alpha value is -2.32. The van der Waals surface area contributed by atoms with E-state index in [-0.39, 0.29) is 23.7 Å². The number of anilines is 1. The van der Waals surface area contributed by atoms with Gasteiger partial charge in [0.1, 0.15) is 11.0 Å². The highest BCUT2D eigenvalue weighted by molar-refractivity contribution is 8.15. The Bertz CT molecular complexity index is 956. The maximum atomic E-state index is 12.4. The van der Waals surface area contributed by atoms with E-state index in [0.29, 0.717) is 21.6 Å². The SMILES string of the molecule is COc1ccc(Cl)cc1NC(=O)CC1S/C(=N\N=C2\C=C(C)CC(C)(C)C2)NC1=O. The van der Waals surface area contributed by atoms with E-state index in [9.17, 15) is 9.59 Å². The molecule has 2 amide bonds. The summed E-state index contributed by atoms with van der Waals surface area (Å²) >= 11 is 7.19. The van der Waals surface area contributed by atoms with Crippen LogP contribution in [0.5, 0.6) is 5.75 Å². The van der Waals surface area contributed by atoms with Crippen molar-refractivity contribution in [2.45, 2.75) is 45.3 Å². The highest BCUT2D eigenvalue weighted by Gasteiger charge is 2.32. The van der Waals surface area contributed by atoms with Crippen molar-refractivity contribution in [3.63, 3.8) is 0 Å². The molecule has 1 aromatic rings. The van der Waals surface area contributed by atoms with E-state index in [1.54, 1.807) is 18.2 Å². The normalized spacial score (nSPS) is 23.3. The van der Waals surface area contributed by atoms with Gasteiger partial charge in [0.05, 0.1) is 18.5 Å². The maximum Gasteiger partial charge on any atom is 0.240 e. The molecule has 1 heterocycles. The number of hydrogen-bond acceptors (Lipinski definition) is 6. The summed E-state index contributed by atoms with van der Waals surface area (Å²) in [5.41, 5.74) is 2.76. The van der Waals surface area contributed by atoms with E-state index in [2.05, 4.69) is 41.6 Å². The first-order valence-electron chi connectivity index (χ1n) is 9.58. The number of halogens is 1. The summed E-state index contributed by atoms with van der Waals surface area (Å²) in [5.74, 6) is -0.0840. The molecule has 3 rings (SSSR count). The van der Waals surface area contributed by atoms with Crippen LogP contribution in [0.3, 0.4) is 0 Å². The van der Waals surface area contributed by atoms with Crippen LogP contribution >= 0.6 is 23.4 Å². The number of amides is 2.